The number of nitrogens with zero attached hydrogens (tertiary/aromatic N) is 3. The van der Waals surface area contributed by atoms with Crippen LogP contribution < -0.4 is 9.47 Å². The van der Waals surface area contributed by atoms with Crippen LogP contribution in [0.3, 0.4) is 0 Å². The minimum absolute atomic E-state index is 0.0596. The number of amides is 1. The Kier molecular flexibility index (Phi) is 5.00. The normalized spacial score (nSPS) is 15.0. The number of hydrogen-bond acceptors (Lipinski definition) is 7. The van der Waals surface area contributed by atoms with Crippen LogP contribution in [-0.2, 0) is 11.2 Å². The number of ether oxygens (including phenoxy) is 2. The fourth-order valence-electron chi connectivity index (χ4n) is 3.75. The molecule has 1 saturated heterocycles. The van der Waals surface area contributed by atoms with E-state index in [0.717, 1.165) is 34.2 Å². The van der Waals surface area contributed by atoms with Gasteiger partial charge in [-0.2, -0.15) is 0 Å². The topological polar surface area (TPSA) is 77.7 Å². The molecule has 0 spiro atoms. The number of hydrogen-bond donors (Lipinski definition) is 0. The molecule has 8 heteroatoms. The van der Waals surface area contributed by atoms with Crippen molar-refractivity contribution in [2.24, 2.45) is 0 Å². The third-order valence-corrected chi connectivity index (χ3v) is 6.32. The molecule has 1 fully saturated rings. The third kappa shape index (κ3) is 3.70. The number of piperidine rings is 1. The monoisotopic (exact) mass is 423 g/mol. The number of methoxy groups -OCH3 is 1. The Bertz CT molecular complexity index is 1190. The minimum atomic E-state index is 0.0596. The van der Waals surface area contributed by atoms with Crippen molar-refractivity contribution < 1.29 is 18.8 Å². The number of carbonyl (C=O) groups excluding carboxylic acids is 1. The summed E-state index contributed by atoms with van der Waals surface area (Å²) in [5, 5.41) is 5.63. The van der Waals surface area contributed by atoms with Gasteiger partial charge >= 0.3 is 0 Å². The van der Waals surface area contributed by atoms with E-state index < -0.39 is 0 Å². The number of carbonyl (C=O) groups is 1. The molecule has 4 aromatic rings. The van der Waals surface area contributed by atoms with Gasteiger partial charge in [0.05, 0.1) is 23.7 Å². The fraction of sp³-hybridized carbons (Fsp3) is 0.318. The van der Waals surface area contributed by atoms with E-state index in [1.165, 1.54) is 11.3 Å². The lowest BCUT2D eigenvalue weighted by molar-refractivity contribution is -0.132. The van der Waals surface area contributed by atoms with Crippen molar-refractivity contribution in [3.8, 4) is 10.9 Å². The van der Waals surface area contributed by atoms with E-state index in [0.29, 0.717) is 29.6 Å². The zero-order valence-electron chi connectivity index (χ0n) is 16.5. The first-order chi connectivity index (χ1) is 14.7. The first kappa shape index (κ1) is 18.9. The summed E-state index contributed by atoms with van der Waals surface area (Å²) >= 11 is 1.52. The van der Waals surface area contributed by atoms with Gasteiger partial charge in [0.15, 0.2) is 5.58 Å². The van der Waals surface area contributed by atoms with E-state index in [2.05, 4.69) is 10.1 Å². The predicted molar refractivity (Wildman–Crippen MR) is 114 cm³/mol. The quantitative estimate of drug-likeness (QED) is 0.482. The Morgan fingerprint density at radius 2 is 2.07 bits per heavy atom. The van der Waals surface area contributed by atoms with Crippen molar-refractivity contribution in [3.05, 3.63) is 48.2 Å². The van der Waals surface area contributed by atoms with Crippen LogP contribution in [-0.4, -0.2) is 47.3 Å². The van der Waals surface area contributed by atoms with Crippen molar-refractivity contribution in [2.75, 3.05) is 20.2 Å². The van der Waals surface area contributed by atoms with Crippen molar-refractivity contribution in [3.63, 3.8) is 0 Å². The van der Waals surface area contributed by atoms with Gasteiger partial charge in [0.25, 0.3) is 5.19 Å². The molecule has 7 nitrogen and oxygen atoms in total. The number of likely N-dealkylation sites (tertiary alicyclic amines) is 1. The molecule has 3 heterocycles. The van der Waals surface area contributed by atoms with Crippen molar-refractivity contribution in [2.45, 2.75) is 25.4 Å². The number of para-hydroxylation sites is 1. The Morgan fingerprint density at radius 1 is 1.23 bits per heavy atom. The summed E-state index contributed by atoms with van der Waals surface area (Å²) in [4.78, 5) is 19.2. The number of fused-ring (bicyclic) bond motifs is 2. The summed E-state index contributed by atoms with van der Waals surface area (Å²) < 4.78 is 17.7. The summed E-state index contributed by atoms with van der Waals surface area (Å²) in [6.07, 6.45) is 1.88. The Labute approximate surface area is 177 Å². The van der Waals surface area contributed by atoms with Gasteiger partial charge in [0, 0.05) is 31.3 Å². The maximum Gasteiger partial charge on any atom is 0.274 e. The molecule has 0 radical (unpaired) electrons. The molecule has 0 unspecified atom stereocenters. The molecule has 1 aliphatic heterocycles. The SMILES string of the molecule is COc1ccc2nc(OC3CCN(C(=O)Cc4noc5ccccc45)CC3)sc2c1. The van der Waals surface area contributed by atoms with Crippen LogP contribution in [0.4, 0.5) is 0 Å². The maximum atomic E-state index is 12.7. The molecule has 5 rings (SSSR count). The van der Waals surface area contributed by atoms with E-state index in [-0.39, 0.29) is 18.4 Å². The molecule has 2 aromatic carbocycles. The molecule has 30 heavy (non-hydrogen) atoms. The Balaban J connectivity index is 1.18. The molecule has 0 bridgehead atoms. The van der Waals surface area contributed by atoms with Crippen LogP contribution in [0.15, 0.2) is 47.0 Å². The van der Waals surface area contributed by atoms with Crippen LogP contribution in [0, 0.1) is 0 Å². The highest BCUT2D eigenvalue weighted by atomic mass is 32.1. The highest BCUT2D eigenvalue weighted by Crippen LogP contribution is 2.32. The molecule has 0 saturated carbocycles. The number of thiazole rings is 1. The average Bonchev–Trinajstić information content (AvgIpc) is 3.37. The molecule has 0 atom stereocenters. The molecular weight excluding hydrogens is 402 g/mol. The summed E-state index contributed by atoms with van der Waals surface area (Å²) in [6, 6.07) is 13.4. The zero-order chi connectivity index (χ0) is 20.5. The largest absolute Gasteiger partial charge is 0.497 e. The first-order valence-electron chi connectivity index (χ1n) is 9.92. The summed E-state index contributed by atoms with van der Waals surface area (Å²) in [5.74, 6) is 0.879. The summed E-state index contributed by atoms with van der Waals surface area (Å²) in [5.41, 5.74) is 2.31. The van der Waals surface area contributed by atoms with E-state index in [1.807, 2.05) is 47.4 Å². The molecule has 2 aromatic heterocycles. The van der Waals surface area contributed by atoms with Gasteiger partial charge in [-0.25, -0.2) is 4.98 Å². The van der Waals surface area contributed by atoms with Crippen LogP contribution in [0.2, 0.25) is 0 Å². The van der Waals surface area contributed by atoms with Gasteiger partial charge in [-0.3, -0.25) is 4.79 Å². The zero-order valence-corrected chi connectivity index (χ0v) is 17.4. The molecule has 1 aliphatic rings. The number of aromatic nitrogens is 2. The standard InChI is InChI=1S/C22H21N3O4S/c1-27-15-6-7-17-20(12-15)30-22(23-17)28-14-8-10-25(11-9-14)21(26)13-18-16-4-2-3-5-19(16)29-24-18/h2-7,12,14H,8-11,13H2,1H3. The van der Waals surface area contributed by atoms with Crippen LogP contribution in [0.1, 0.15) is 18.5 Å². The lowest BCUT2D eigenvalue weighted by Gasteiger charge is -2.31. The average molecular weight is 423 g/mol. The molecule has 1 amide bonds. The van der Waals surface area contributed by atoms with Crippen LogP contribution in [0.5, 0.6) is 10.9 Å². The van der Waals surface area contributed by atoms with Gasteiger partial charge in [-0.1, -0.05) is 28.6 Å². The molecule has 0 aliphatic carbocycles. The minimum Gasteiger partial charge on any atom is -0.497 e. The molecule has 0 N–H and O–H groups in total. The second-order valence-electron chi connectivity index (χ2n) is 7.31. The lowest BCUT2D eigenvalue weighted by atomic mass is 10.1. The molecular formula is C22H21N3O4S. The van der Waals surface area contributed by atoms with Crippen LogP contribution in [0.25, 0.3) is 21.2 Å². The van der Waals surface area contributed by atoms with E-state index in [9.17, 15) is 4.79 Å². The van der Waals surface area contributed by atoms with Crippen molar-refractivity contribution >= 4 is 38.4 Å². The third-order valence-electron chi connectivity index (χ3n) is 5.41. The van der Waals surface area contributed by atoms with E-state index in [4.69, 9.17) is 14.0 Å². The van der Waals surface area contributed by atoms with E-state index >= 15 is 0 Å². The smallest absolute Gasteiger partial charge is 0.274 e. The van der Waals surface area contributed by atoms with Gasteiger partial charge in [-0.15, -0.1) is 0 Å². The summed E-state index contributed by atoms with van der Waals surface area (Å²) in [6.45, 7) is 1.33. The van der Waals surface area contributed by atoms with Gasteiger partial charge in [0.2, 0.25) is 5.91 Å². The van der Waals surface area contributed by atoms with Gasteiger partial charge in [0.1, 0.15) is 17.5 Å². The highest BCUT2D eigenvalue weighted by Gasteiger charge is 2.26. The Hall–Kier alpha value is -3.13. The number of benzene rings is 2. The summed E-state index contributed by atoms with van der Waals surface area (Å²) in [7, 11) is 1.65. The van der Waals surface area contributed by atoms with Gasteiger partial charge in [-0.05, 0) is 30.3 Å². The van der Waals surface area contributed by atoms with Crippen LogP contribution >= 0.6 is 11.3 Å². The maximum absolute atomic E-state index is 12.7. The molecule has 154 valence electrons. The van der Waals surface area contributed by atoms with Crippen molar-refractivity contribution in [1.82, 2.24) is 15.0 Å². The van der Waals surface area contributed by atoms with E-state index in [1.54, 1.807) is 7.11 Å². The predicted octanol–water partition coefficient (Wildman–Crippen LogP) is 4.06. The first-order valence-corrected chi connectivity index (χ1v) is 10.7. The van der Waals surface area contributed by atoms with Crippen molar-refractivity contribution in [1.29, 1.82) is 0 Å². The fourth-order valence-corrected chi connectivity index (χ4v) is 4.66. The Morgan fingerprint density at radius 3 is 2.90 bits per heavy atom. The second-order valence-corrected chi connectivity index (χ2v) is 8.31. The van der Waals surface area contributed by atoms with Gasteiger partial charge < -0.3 is 18.9 Å². The lowest BCUT2D eigenvalue weighted by Crippen LogP contribution is -2.42. The number of rotatable bonds is 5. The second kappa shape index (κ2) is 7.95. The highest BCUT2D eigenvalue weighted by molar-refractivity contribution is 7.20.